The van der Waals surface area contributed by atoms with Crippen LogP contribution >= 0.6 is 0 Å². The van der Waals surface area contributed by atoms with E-state index in [4.69, 9.17) is 0 Å². The van der Waals surface area contributed by atoms with Gasteiger partial charge in [0.15, 0.2) is 0 Å². The molecular formula is C20H23NO. The average Bonchev–Trinajstić information content (AvgIpc) is 2.49. The number of nitrogens with one attached hydrogen (secondary N) is 1. The van der Waals surface area contributed by atoms with Gasteiger partial charge in [-0.2, -0.15) is 0 Å². The van der Waals surface area contributed by atoms with Crippen molar-refractivity contribution in [3.05, 3.63) is 70.8 Å². The van der Waals surface area contributed by atoms with Crippen LogP contribution in [0, 0.1) is 13.8 Å². The monoisotopic (exact) mass is 293 g/mol. The largest absolute Gasteiger partial charge is 0.322 e. The van der Waals surface area contributed by atoms with Crippen molar-refractivity contribution < 1.29 is 4.79 Å². The molecule has 0 saturated heterocycles. The molecule has 1 amide bonds. The molecule has 2 heteroatoms. The van der Waals surface area contributed by atoms with E-state index < -0.39 is 0 Å². The van der Waals surface area contributed by atoms with E-state index in [2.05, 4.69) is 31.3 Å². The van der Waals surface area contributed by atoms with Gasteiger partial charge in [-0.25, -0.2) is 0 Å². The molecule has 0 aromatic heterocycles. The first-order chi connectivity index (χ1) is 10.5. The van der Waals surface area contributed by atoms with Crippen molar-refractivity contribution in [1.29, 1.82) is 0 Å². The Morgan fingerprint density at radius 3 is 2.36 bits per heavy atom. The molecule has 2 aromatic rings. The second-order valence-electron chi connectivity index (χ2n) is 5.96. The smallest absolute Gasteiger partial charge is 0.248 e. The average molecular weight is 293 g/mol. The Kier molecular flexibility index (Phi) is 5.16. The number of benzene rings is 2. The van der Waals surface area contributed by atoms with E-state index in [9.17, 15) is 4.79 Å². The molecule has 0 atom stereocenters. The molecule has 2 rings (SSSR count). The zero-order valence-corrected chi connectivity index (χ0v) is 13.7. The molecule has 22 heavy (non-hydrogen) atoms. The minimum absolute atomic E-state index is 0.110. The fourth-order valence-corrected chi connectivity index (χ4v) is 2.21. The molecule has 2 aromatic carbocycles. The number of anilines is 1. The maximum Gasteiger partial charge on any atom is 0.248 e. The zero-order chi connectivity index (χ0) is 16.1. The van der Waals surface area contributed by atoms with Crippen LogP contribution in [0.1, 0.15) is 42.0 Å². The van der Waals surface area contributed by atoms with Crippen LogP contribution in [0.3, 0.4) is 0 Å². The molecule has 0 spiro atoms. The van der Waals surface area contributed by atoms with Gasteiger partial charge in [0, 0.05) is 11.8 Å². The van der Waals surface area contributed by atoms with Crippen LogP contribution in [-0.4, -0.2) is 5.91 Å². The molecule has 1 N–H and O–H groups in total. The van der Waals surface area contributed by atoms with E-state index in [1.54, 1.807) is 6.08 Å². The molecule has 0 aliphatic carbocycles. The van der Waals surface area contributed by atoms with Crippen LogP contribution in [0.4, 0.5) is 5.69 Å². The van der Waals surface area contributed by atoms with E-state index in [1.807, 2.05) is 50.3 Å². The molecule has 0 heterocycles. The molecule has 0 bridgehead atoms. The van der Waals surface area contributed by atoms with E-state index in [0.29, 0.717) is 5.92 Å². The third kappa shape index (κ3) is 4.32. The van der Waals surface area contributed by atoms with Crippen molar-refractivity contribution >= 4 is 17.7 Å². The van der Waals surface area contributed by atoms with Gasteiger partial charge < -0.3 is 5.32 Å². The quantitative estimate of drug-likeness (QED) is 0.783. The number of hydrogen-bond donors (Lipinski definition) is 1. The van der Waals surface area contributed by atoms with Crippen LogP contribution in [0.2, 0.25) is 0 Å². The fourth-order valence-electron chi connectivity index (χ4n) is 2.21. The van der Waals surface area contributed by atoms with Crippen LogP contribution in [0.15, 0.2) is 48.5 Å². The van der Waals surface area contributed by atoms with Crippen LogP contribution in [-0.2, 0) is 4.79 Å². The van der Waals surface area contributed by atoms with E-state index in [1.165, 1.54) is 5.56 Å². The summed E-state index contributed by atoms with van der Waals surface area (Å²) in [5.41, 5.74) is 5.39. The van der Waals surface area contributed by atoms with Crippen molar-refractivity contribution in [2.75, 3.05) is 5.32 Å². The highest BCUT2D eigenvalue weighted by molar-refractivity contribution is 6.02. The highest BCUT2D eigenvalue weighted by Crippen LogP contribution is 2.17. The summed E-state index contributed by atoms with van der Waals surface area (Å²) >= 11 is 0. The van der Waals surface area contributed by atoms with Gasteiger partial charge in [-0.05, 0) is 54.2 Å². The number of carbonyl (C=O) groups is 1. The Morgan fingerprint density at radius 2 is 1.73 bits per heavy atom. The van der Waals surface area contributed by atoms with Gasteiger partial charge in [-0.1, -0.05) is 50.2 Å². The Hall–Kier alpha value is -2.35. The van der Waals surface area contributed by atoms with Crippen molar-refractivity contribution in [1.82, 2.24) is 0 Å². The highest BCUT2D eigenvalue weighted by atomic mass is 16.1. The standard InChI is InChI=1S/C20H23NO/c1-14(2)18-10-7-17(8-11-18)9-12-20(22)21-19-13-15(3)5-6-16(19)4/h5-14H,1-4H3,(H,21,22). The zero-order valence-electron chi connectivity index (χ0n) is 13.7. The topological polar surface area (TPSA) is 29.1 Å². The van der Waals surface area contributed by atoms with Crippen LogP contribution in [0.25, 0.3) is 6.08 Å². The predicted molar refractivity (Wildman–Crippen MR) is 94.1 cm³/mol. The van der Waals surface area contributed by atoms with Crippen LogP contribution < -0.4 is 5.32 Å². The fraction of sp³-hybridized carbons (Fsp3) is 0.250. The third-order valence-corrected chi connectivity index (χ3v) is 3.68. The first-order valence-electron chi connectivity index (χ1n) is 7.62. The van der Waals surface area contributed by atoms with E-state index in [0.717, 1.165) is 22.4 Å². The number of aryl methyl sites for hydroxylation is 2. The van der Waals surface area contributed by atoms with Crippen LogP contribution in [0.5, 0.6) is 0 Å². The van der Waals surface area contributed by atoms with Gasteiger partial charge in [-0.3, -0.25) is 4.79 Å². The normalized spacial score (nSPS) is 11.1. The summed E-state index contributed by atoms with van der Waals surface area (Å²) in [6, 6.07) is 14.3. The summed E-state index contributed by atoms with van der Waals surface area (Å²) in [6.45, 7) is 8.34. The second kappa shape index (κ2) is 7.08. The molecule has 0 unspecified atom stereocenters. The van der Waals surface area contributed by atoms with Crippen molar-refractivity contribution in [2.24, 2.45) is 0 Å². The first-order valence-corrected chi connectivity index (χ1v) is 7.62. The number of rotatable bonds is 4. The lowest BCUT2D eigenvalue weighted by molar-refractivity contribution is -0.111. The predicted octanol–water partition coefficient (Wildman–Crippen LogP) is 5.08. The Labute approximate surface area is 132 Å². The van der Waals surface area contributed by atoms with Crippen molar-refractivity contribution in [2.45, 2.75) is 33.6 Å². The lowest BCUT2D eigenvalue weighted by Gasteiger charge is -2.07. The van der Waals surface area contributed by atoms with E-state index in [-0.39, 0.29) is 5.91 Å². The van der Waals surface area contributed by atoms with Crippen molar-refractivity contribution in [3.63, 3.8) is 0 Å². The molecule has 0 radical (unpaired) electrons. The second-order valence-corrected chi connectivity index (χ2v) is 5.96. The number of amides is 1. The summed E-state index contributed by atoms with van der Waals surface area (Å²) < 4.78 is 0. The van der Waals surface area contributed by atoms with Gasteiger partial charge in [0.25, 0.3) is 0 Å². The molecule has 114 valence electrons. The lowest BCUT2D eigenvalue weighted by atomic mass is 10.0. The van der Waals surface area contributed by atoms with Crippen molar-refractivity contribution in [3.8, 4) is 0 Å². The van der Waals surface area contributed by atoms with Gasteiger partial charge >= 0.3 is 0 Å². The van der Waals surface area contributed by atoms with Gasteiger partial charge in [0.2, 0.25) is 5.91 Å². The third-order valence-electron chi connectivity index (χ3n) is 3.68. The summed E-state index contributed by atoms with van der Waals surface area (Å²) in [5, 5.41) is 2.93. The number of hydrogen-bond acceptors (Lipinski definition) is 1. The SMILES string of the molecule is Cc1ccc(C)c(NC(=O)C=Cc2ccc(C(C)C)cc2)c1. The van der Waals surface area contributed by atoms with Gasteiger partial charge in [0.05, 0.1) is 0 Å². The summed E-state index contributed by atoms with van der Waals surface area (Å²) in [4.78, 5) is 12.0. The first kappa shape index (κ1) is 16.0. The molecule has 0 saturated carbocycles. The van der Waals surface area contributed by atoms with Gasteiger partial charge in [0.1, 0.15) is 0 Å². The maximum absolute atomic E-state index is 12.0. The lowest BCUT2D eigenvalue weighted by Crippen LogP contribution is -2.09. The molecule has 0 aliphatic heterocycles. The number of carbonyl (C=O) groups excluding carboxylic acids is 1. The Morgan fingerprint density at radius 1 is 1.05 bits per heavy atom. The Bertz CT molecular complexity index is 681. The minimum Gasteiger partial charge on any atom is -0.322 e. The highest BCUT2D eigenvalue weighted by Gasteiger charge is 2.02. The molecule has 0 aliphatic rings. The summed E-state index contributed by atoms with van der Waals surface area (Å²) in [7, 11) is 0. The molecule has 0 fully saturated rings. The summed E-state index contributed by atoms with van der Waals surface area (Å²) in [6.07, 6.45) is 3.41. The van der Waals surface area contributed by atoms with Gasteiger partial charge in [-0.15, -0.1) is 0 Å². The Balaban J connectivity index is 2.03. The molecule has 2 nitrogen and oxygen atoms in total. The minimum atomic E-state index is -0.110. The molecular weight excluding hydrogens is 270 g/mol. The maximum atomic E-state index is 12.0. The summed E-state index contributed by atoms with van der Waals surface area (Å²) in [5.74, 6) is 0.409. The van der Waals surface area contributed by atoms with E-state index >= 15 is 0 Å².